The van der Waals surface area contributed by atoms with Gasteiger partial charge in [0.2, 0.25) is 0 Å². The average Bonchev–Trinajstić information content (AvgIpc) is 2.04. The Morgan fingerprint density at radius 3 is 3.15 bits per heavy atom. The first-order valence-corrected chi connectivity index (χ1v) is 4.76. The second-order valence-electron chi connectivity index (χ2n) is 3.30. The highest BCUT2D eigenvalue weighted by Gasteiger charge is 2.15. The van der Waals surface area contributed by atoms with Crippen molar-refractivity contribution < 1.29 is 14.6 Å². The fourth-order valence-corrected chi connectivity index (χ4v) is 1.55. The summed E-state index contributed by atoms with van der Waals surface area (Å²) in [5, 5.41) is 9.33. The fraction of sp³-hybridized carbons (Fsp3) is 0.700. The van der Waals surface area contributed by atoms with Crippen molar-refractivity contribution in [2.75, 3.05) is 6.61 Å². The molecule has 0 aromatic heterocycles. The molecule has 1 saturated carbocycles. The summed E-state index contributed by atoms with van der Waals surface area (Å²) in [6, 6.07) is 0. The van der Waals surface area contributed by atoms with Crippen LogP contribution >= 0.6 is 0 Å². The quantitative estimate of drug-likeness (QED) is 0.521. The van der Waals surface area contributed by atoms with Gasteiger partial charge in [-0.15, -0.1) is 0 Å². The second-order valence-corrected chi connectivity index (χ2v) is 3.30. The molecule has 3 nitrogen and oxygen atoms in total. The van der Waals surface area contributed by atoms with E-state index in [0.717, 1.165) is 24.8 Å². The molecule has 0 aromatic rings. The third-order valence-electron chi connectivity index (χ3n) is 2.14. The molecule has 1 atom stereocenters. The number of hydrogen-bond donors (Lipinski definition) is 1. The summed E-state index contributed by atoms with van der Waals surface area (Å²) < 4.78 is 4.78. The molecule has 1 rings (SSSR count). The first kappa shape index (κ1) is 10.3. The third-order valence-corrected chi connectivity index (χ3v) is 2.14. The summed E-state index contributed by atoms with van der Waals surface area (Å²) >= 11 is 0. The molecule has 1 fully saturated rings. The van der Waals surface area contributed by atoms with E-state index in [-0.39, 0.29) is 12.1 Å². The number of aliphatic hydroxyl groups is 1. The maximum absolute atomic E-state index is 11.0. The fourth-order valence-electron chi connectivity index (χ4n) is 1.55. The minimum atomic E-state index is -0.286. The molecule has 1 N–H and O–H groups in total. The van der Waals surface area contributed by atoms with Crippen LogP contribution in [0, 0.1) is 0 Å². The molecule has 0 spiro atoms. The number of rotatable bonds is 2. The van der Waals surface area contributed by atoms with Crippen LogP contribution < -0.4 is 0 Å². The van der Waals surface area contributed by atoms with Gasteiger partial charge in [-0.1, -0.05) is 5.57 Å². The van der Waals surface area contributed by atoms with E-state index in [4.69, 9.17) is 4.74 Å². The Bertz CT molecular complexity index is 208. The lowest BCUT2D eigenvalue weighted by molar-refractivity contribution is -0.137. The van der Waals surface area contributed by atoms with Crippen LogP contribution in [-0.4, -0.2) is 23.8 Å². The molecule has 1 aliphatic rings. The van der Waals surface area contributed by atoms with Crippen LogP contribution in [0.4, 0.5) is 0 Å². The van der Waals surface area contributed by atoms with E-state index in [9.17, 15) is 9.90 Å². The zero-order valence-electron chi connectivity index (χ0n) is 7.95. The number of hydrogen-bond acceptors (Lipinski definition) is 3. The lowest BCUT2D eigenvalue weighted by Gasteiger charge is -2.18. The number of ether oxygens (including phenoxy) is 1. The lowest BCUT2D eigenvalue weighted by Crippen LogP contribution is -2.14. The van der Waals surface area contributed by atoms with Gasteiger partial charge in [0, 0.05) is 6.08 Å². The molecule has 13 heavy (non-hydrogen) atoms. The Kier molecular flexibility index (Phi) is 3.96. The van der Waals surface area contributed by atoms with Crippen molar-refractivity contribution in [3.05, 3.63) is 11.6 Å². The lowest BCUT2D eigenvalue weighted by atomic mass is 9.92. The Hall–Kier alpha value is -0.830. The van der Waals surface area contributed by atoms with Crippen LogP contribution in [0.5, 0.6) is 0 Å². The van der Waals surface area contributed by atoms with Crippen LogP contribution in [0.1, 0.15) is 32.6 Å². The van der Waals surface area contributed by atoms with Crippen molar-refractivity contribution in [3.63, 3.8) is 0 Å². The normalized spacial score (nSPS) is 26.0. The number of carbonyl (C=O) groups is 1. The second kappa shape index (κ2) is 5.02. The van der Waals surface area contributed by atoms with E-state index < -0.39 is 0 Å². The largest absolute Gasteiger partial charge is 0.463 e. The molecule has 0 amide bonds. The topological polar surface area (TPSA) is 46.5 Å². The molecule has 74 valence electrons. The van der Waals surface area contributed by atoms with Gasteiger partial charge in [0.05, 0.1) is 12.7 Å². The molecule has 0 saturated heterocycles. The summed E-state index contributed by atoms with van der Waals surface area (Å²) in [5.41, 5.74) is 1.01. The minimum absolute atomic E-state index is 0.269. The van der Waals surface area contributed by atoms with E-state index in [1.807, 2.05) is 0 Å². The van der Waals surface area contributed by atoms with E-state index >= 15 is 0 Å². The molecule has 1 aliphatic carbocycles. The van der Waals surface area contributed by atoms with Crippen molar-refractivity contribution >= 4 is 5.97 Å². The summed E-state index contributed by atoms with van der Waals surface area (Å²) in [6.07, 6.45) is 4.60. The van der Waals surface area contributed by atoms with Crippen LogP contribution in [0.25, 0.3) is 0 Å². The summed E-state index contributed by atoms with van der Waals surface area (Å²) in [6.45, 7) is 2.19. The maximum atomic E-state index is 11.0. The molecule has 0 bridgehead atoms. The first-order valence-electron chi connectivity index (χ1n) is 4.76. The highest BCUT2D eigenvalue weighted by Crippen LogP contribution is 2.23. The Balaban J connectivity index is 2.44. The minimum Gasteiger partial charge on any atom is -0.463 e. The maximum Gasteiger partial charge on any atom is 0.330 e. The van der Waals surface area contributed by atoms with Crippen molar-refractivity contribution in [1.29, 1.82) is 0 Å². The van der Waals surface area contributed by atoms with Gasteiger partial charge in [-0.25, -0.2) is 4.79 Å². The van der Waals surface area contributed by atoms with Crippen LogP contribution in [-0.2, 0) is 9.53 Å². The van der Waals surface area contributed by atoms with Gasteiger partial charge in [-0.3, -0.25) is 0 Å². The third kappa shape index (κ3) is 3.59. The van der Waals surface area contributed by atoms with Gasteiger partial charge in [0.25, 0.3) is 0 Å². The SMILES string of the molecule is CCOC(=O)/C=C1/CCCC(O)C1. The first-order chi connectivity index (χ1) is 6.22. The predicted octanol–water partition coefficient (Wildman–Crippen LogP) is 1.41. The summed E-state index contributed by atoms with van der Waals surface area (Å²) in [5.74, 6) is -0.286. The Labute approximate surface area is 78.4 Å². The van der Waals surface area contributed by atoms with Gasteiger partial charge in [0.15, 0.2) is 0 Å². The monoisotopic (exact) mass is 184 g/mol. The number of esters is 1. The predicted molar refractivity (Wildman–Crippen MR) is 49.2 cm³/mol. The van der Waals surface area contributed by atoms with Crippen LogP contribution in [0.3, 0.4) is 0 Å². The van der Waals surface area contributed by atoms with Crippen molar-refractivity contribution in [1.82, 2.24) is 0 Å². The average molecular weight is 184 g/mol. The van der Waals surface area contributed by atoms with Crippen LogP contribution in [0.15, 0.2) is 11.6 Å². The number of carbonyl (C=O) groups excluding carboxylic acids is 1. The van der Waals surface area contributed by atoms with Crippen molar-refractivity contribution in [2.45, 2.75) is 38.7 Å². The molecule has 3 heteroatoms. The van der Waals surface area contributed by atoms with E-state index in [2.05, 4.69) is 0 Å². The van der Waals surface area contributed by atoms with Crippen molar-refractivity contribution in [2.24, 2.45) is 0 Å². The molecule has 1 unspecified atom stereocenters. The molecule has 0 heterocycles. The van der Waals surface area contributed by atoms with Crippen LogP contribution in [0.2, 0.25) is 0 Å². The van der Waals surface area contributed by atoms with Gasteiger partial charge < -0.3 is 9.84 Å². The van der Waals surface area contributed by atoms with E-state index in [1.165, 1.54) is 6.08 Å². The van der Waals surface area contributed by atoms with Gasteiger partial charge in [-0.2, -0.15) is 0 Å². The Morgan fingerprint density at radius 2 is 2.54 bits per heavy atom. The van der Waals surface area contributed by atoms with Gasteiger partial charge in [-0.05, 0) is 32.6 Å². The molecular weight excluding hydrogens is 168 g/mol. The molecule has 0 aromatic carbocycles. The zero-order chi connectivity index (χ0) is 9.68. The highest BCUT2D eigenvalue weighted by atomic mass is 16.5. The Morgan fingerprint density at radius 1 is 1.77 bits per heavy atom. The van der Waals surface area contributed by atoms with Crippen molar-refractivity contribution in [3.8, 4) is 0 Å². The smallest absolute Gasteiger partial charge is 0.330 e. The summed E-state index contributed by atoms with van der Waals surface area (Å²) in [4.78, 5) is 11.0. The number of aliphatic hydroxyl groups excluding tert-OH is 1. The highest BCUT2D eigenvalue weighted by molar-refractivity contribution is 5.82. The molecule has 0 radical (unpaired) electrons. The van der Waals surface area contributed by atoms with E-state index in [0.29, 0.717) is 13.0 Å². The molecular formula is C10H16O3. The van der Waals surface area contributed by atoms with E-state index in [1.54, 1.807) is 6.92 Å². The van der Waals surface area contributed by atoms with Gasteiger partial charge in [0.1, 0.15) is 0 Å². The zero-order valence-corrected chi connectivity index (χ0v) is 7.95. The standard InChI is InChI=1S/C10H16O3/c1-2-13-10(12)7-8-4-3-5-9(11)6-8/h7,9,11H,2-6H2,1H3/b8-7-. The van der Waals surface area contributed by atoms with Gasteiger partial charge >= 0.3 is 5.97 Å². The summed E-state index contributed by atoms with van der Waals surface area (Å²) in [7, 11) is 0. The molecule has 0 aliphatic heterocycles.